The van der Waals surface area contributed by atoms with Crippen LogP contribution >= 0.6 is 0 Å². The van der Waals surface area contributed by atoms with Crippen molar-refractivity contribution in [2.75, 3.05) is 18.4 Å². The van der Waals surface area contributed by atoms with Gasteiger partial charge in [-0.25, -0.2) is 0 Å². The van der Waals surface area contributed by atoms with E-state index < -0.39 is 6.04 Å². The number of rotatable bonds is 7. The zero-order valence-electron chi connectivity index (χ0n) is 13.1. The van der Waals surface area contributed by atoms with Gasteiger partial charge in [-0.2, -0.15) is 0 Å². The molecule has 0 spiro atoms. The molecule has 1 rings (SSSR count). The third kappa shape index (κ3) is 4.86. The van der Waals surface area contributed by atoms with Crippen LogP contribution in [0, 0.1) is 0 Å². The Morgan fingerprint density at radius 1 is 1.24 bits per heavy atom. The minimum atomic E-state index is -0.517. The van der Waals surface area contributed by atoms with E-state index in [1.165, 1.54) is 0 Å². The number of hydrogen-bond donors (Lipinski definition) is 2. The molecule has 5 nitrogen and oxygen atoms in total. The summed E-state index contributed by atoms with van der Waals surface area (Å²) in [5, 5.41) is 2.76. The molecule has 5 heteroatoms. The Labute approximate surface area is 126 Å². The first kappa shape index (κ1) is 17.2. The second-order valence-corrected chi connectivity index (χ2v) is 4.94. The first-order valence-corrected chi connectivity index (χ1v) is 7.49. The van der Waals surface area contributed by atoms with Crippen molar-refractivity contribution in [2.24, 2.45) is 5.73 Å². The highest BCUT2D eigenvalue weighted by atomic mass is 16.2. The molecular weight excluding hydrogens is 266 g/mol. The molecule has 0 saturated heterocycles. The molecule has 0 aliphatic rings. The topological polar surface area (TPSA) is 75.4 Å². The molecule has 0 bridgehead atoms. The van der Waals surface area contributed by atoms with Crippen molar-refractivity contribution in [1.29, 1.82) is 0 Å². The van der Waals surface area contributed by atoms with Gasteiger partial charge >= 0.3 is 0 Å². The maximum Gasteiger partial charge on any atom is 0.253 e. The smallest absolute Gasteiger partial charge is 0.253 e. The Morgan fingerprint density at radius 3 is 2.48 bits per heavy atom. The highest BCUT2D eigenvalue weighted by Crippen LogP contribution is 2.13. The van der Waals surface area contributed by atoms with Gasteiger partial charge in [-0.05, 0) is 38.5 Å². The van der Waals surface area contributed by atoms with Crippen LogP contribution in [-0.2, 0) is 4.79 Å². The molecule has 2 amide bonds. The first-order chi connectivity index (χ1) is 10.0. The van der Waals surface area contributed by atoms with E-state index in [2.05, 4.69) is 5.32 Å². The van der Waals surface area contributed by atoms with Crippen LogP contribution in [0.3, 0.4) is 0 Å². The number of nitrogens with one attached hydrogen (secondary N) is 1. The Hall–Kier alpha value is -1.88. The van der Waals surface area contributed by atoms with E-state index in [0.29, 0.717) is 30.8 Å². The minimum Gasteiger partial charge on any atom is -0.339 e. The molecule has 0 aliphatic carbocycles. The fourth-order valence-electron chi connectivity index (χ4n) is 2.10. The summed E-state index contributed by atoms with van der Waals surface area (Å²) in [6.45, 7) is 7.19. The average molecular weight is 291 g/mol. The van der Waals surface area contributed by atoms with Gasteiger partial charge in [0, 0.05) is 24.3 Å². The number of amides is 2. The Bertz CT molecular complexity index is 484. The van der Waals surface area contributed by atoms with Crippen LogP contribution in [0.15, 0.2) is 24.3 Å². The number of hydrogen-bond acceptors (Lipinski definition) is 3. The lowest BCUT2D eigenvalue weighted by molar-refractivity contribution is -0.117. The summed E-state index contributed by atoms with van der Waals surface area (Å²) < 4.78 is 0. The summed E-state index contributed by atoms with van der Waals surface area (Å²) in [7, 11) is 0. The molecule has 0 saturated carbocycles. The SMILES string of the molecule is CCCC(N)C(=O)Nc1cccc(C(=O)N(CC)CC)c1. The van der Waals surface area contributed by atoms with Gasteiger partial charge in [0.05, 0.1) is 6.04 Å². The first-order valence-electron chi connectivity index (χ1n) is 7.49. The van der Waals surface area contributed by atoms with Crippen molar-refractivity contribution in [2.45, 2.75) is 39.7 Å². The molecule has 1 aromatic rings. The van der Waals surface area contributed by atoms with Gasteiger partial charge in [0.25, 0.3) is 5.91 Å². The van der Waals surface area contributed by atoms with Crippen molar-refractivity contribution in [3.05, 3.63) is 29.8 Å². The highest BCUT2D eigenvalue weighted by molar-refractivity contribution is 5.98. The summed E-state index contributed by atoms with van der Waals surface area (Å²) in [6.07, 6.45) is 1.50. The van der Waals surface area contributed by atoms with E-state index in [9.17, 15) is 9.59 Å². The van der Waals surface area contributed by atoms with Gasteiger partial charge in [0.1, 0.15) is 0 Å². The molecule has 116 valence electrons. The van der Waals surface area contributed by atoms with Crippen molar-refractivity contribution < 1.29 is 9.59 Å². The number of nitrogens with zero attached hydrogens (tertiary/aromatic N) is 1. The van der Waals surface area contributed by atoms with Crippen LogP contribution in [0.1, 0.15) is 44.0 Å². The number of carbonyl (C=O) groups is 2. The van der Waals surface area contributed by atoms with Crippen LogP contribution in [0.4, 0.5) is 5.69 Å². The molecule has 0 aromatic heterocycles. The molecule has 1 unspecified atom stereocenters. The van der Waals surface area contributed by atoms with Crippen LogP contribution in [0.5, 0.6) is 0 Å². The van der Waals surface area contributed by atoms with Crippen LogP contribution in [0.2, 0.25) is 0 Å². The fraction of sp³-hybridized carbons (Fsp3) is 0.500. The largest absolute Gasteiger partial charge is 0.339 e. The summed E-state index contributed by atoms with van der Waals surface area (Å²) >= 11 is 0. The zero-order chi connectivity index (χ0) is 15.8. The standard InChI is InChI=1S/C16H25N3O2/c1-4-8-14(17)15(20)18-13-10-7-9-12(11-13)16(21)19(5-2)6-3/h7,9-11,14H,4-6,8,17H2,1-3H3,(H,18,20). The Morgan fingerprint density at radius 2 is 1.90 bits per heavy atom. The van der Waals surface area contributed by atoms with E-state index in [1.54, 1.807) is 29.2 Å². The normalized spacial score (nSPS) is 11.8. The minimum absolute atomic E-state index is 0.0334. The second kappa shape index (κ2) is 8.42. The van der Waals surface area contributed by atoms with Gasteiger partial charge in [-0.3, -0.25) is 9.59 Å². The predicted octanol–water partition coefficient (Wildman–Crippen LogP) is 2.23. The van der Waals surface area contributed by atoms with E-state index >= 15 is 0 Å². The van der Waals surface area contributed by atoms with Crippen molar-refractivity contribution in [1.82, 2.24) is 4.90 Å². The average Bonchev–Trinajstić information content (AvgIpc) is 2.48. The number of carbonyl (C=O) groups excluding carboxylic acids is 2. The molecule has 1 atom stereocenters. The lowest BCUT2D eigenvalue weighted by atomic mass is 10.1. The van der Waals surface area contributed by atoms with Crippen LogP contribution in [-0.4, -0.2) is 35.8 Å². The number of anilines is 1. The van der Waals surface area contributed by atoms with Crippen molar-refractivity contribution in [3.8, 4) is 0 Å². The van der Waals surface area contributed by atoms with E-state index in [1.807, 2.05) is 20.8 Å². The van der Waals surface area contributed by atoms with Gasteiger partial charge in [0.15, 0.2) is 0 Å². The molecule has 3 N–H and O–H groups in total. The lowest BCUT2D eigenvalue weighted by Gasteiger charge is -2.19. The molecule has 21 heavy (non-hydrogen) atoms. The second-order valence-electron chi connectivity index (χ2n) is 4.94. The summed E-state index contributed by atoms with van der Waals surface area (Å²) in [6, 6.07) is 6.45. The third-order valence-electron chi connectivity index (χ3n) is 3.36. The molecule has 0 radical (unpaired) electrons. The van der Waals surface area contributed by atoms with Gasteiger partial charge < -0.3 is 16.0 Å². The van der Waals surface area contributed by atoms with Crippen LogP contribution < -0.4 is 11.1 Å². The molecule has 0 fully saturated rings. The third-order valence-corrected chi connectivity index (χ3v) is 3.36. The maximum atomic E-state index is 12.3. The predicted molar refractivity (Wildman–Crippen MR) is 85.2 cm³/mol. The van der Waals surface area contributed by atoms with Gasteiger partial charge in [-0.15, -0.1) is 0 Å². The van der Waals surface area contributed by atoms with E-state index in [-0.39, 0.29) is 11.8 Å². The van der Waals surface area contributed by atoms with Gasteiger partial charge in [0.2, 0.25) is 5.91 Å². The zero-order valence-corrected chi connectivity index (χ0v) is 13.1. The summed E-state index contributed by atoms with van der Waals surface area (Å²) in [5.74, 6) is -0.252. The van der Waals surface area contributed by atoms with E-state index in [0.717, 1.165) is 6.42 Å². The van der Waals surface area contributed by atoms with Crippen molar-refractivity contribution in [3.63, 3.8) is 0 Å². The van der Waals surface area contributed by atoms with Crippen LogP contribution in [0.25, 0.3) is 0 Å². The monoisotopic (exact) mass is 291 g/mol. The molecular formula is C16H25N3O2. The van der Waals surface area contributed by atoms with Crippen molar-refractivity contribution >= 4 is 17.5 Å². The summed E-state index contributed by atoms with van der Waals surface area (Å²) in [5.41, 5.74) is 6.95. The maximum absolute atomic E-state index is 12.3. The molecule has 1 aromatic carbocycles. The van der Waals surface area contributed by atoms with E-state index in [4.69, 9.17) is 5.73 Å². The quantitative estimate of drug-likeness (QED) is 0.809. The lowest BCUT2D eigenvalue weighted by Crippen LogP contribution is -2.35. The molecule has 0 heterocycles. The van der Waals surface area contributed by atoms with Gasteiger partial charge in [-0.1, -0.05) is 19.4 Å². The summed E-state index contributed by atoms with van der Waals surface area (Å²) in [4.78, 5) is 25.9. The fourth-order valence-corrected chi connectivity index (χ4v) is 2.10. The Balaban J connectivity index is 2.81. The highest BCUT2D eigenvalue weighted by Gasteiger charge is 2.15. The number of nitrogens with two attached hydrogens (primary N) is 1. The Kier molecular flexibility index (Phi) is 6.88. The number of benzene rings is 1. The molecule has 0 aliphatic heterocycles.